The molecule has 37 heavy (non-hydrogen) atoms. The highest BCUT2D eigenvalue weighted by Crippen LogP contribution is 2.46. The minimum absolute atomic E-state index is 0.0211. The molecule has 0 aliphatic carbocycles. The fourth-order valence-electron chi connectivity index (χ4n) is 3.98. The molecule has 196 valence electrons. The first-order chi connectivity index (χ1) is 17.7. The summed E-state index contributed by atoms with van der Waals surface area (Å²) in [6.45, 7) is 0.499. The lowest BCUT2D eigenvalue weighted by Crippen LogP contribution is -2.39. The summed E-state index contributed by atoms with van der Waals surface area (Å²) in [5.74, 6) is -1.98. The molecule has 4 rings (SSSR count). The molecule has 3 aromatic rings. The van der Waals surface area contributed by atoms with Gasteiger partial charge in [0.1, 0.15) is 10.8 Å². The number of rotatable bonds is 10. The number of nitrogens with zero attached hydrogens (tertiary/aromatic N) is 1. The normalized spacial score (nSPS) is 14.8. The number of carboxylic acids is 2. The quantitative estimate of drug-likeness (QED) is 0.361. The summed E-state index contributed by atoms with van der Waals surface area (Å²) in [7, 11) is -3.51. The van der Waals surface area contributed by atoms with Crippen LogP contribution in [-0.4, -0.2) is 61.2 Å². The van der Waals surface area contributed by atoms with Gasteiger partial charge < -0.3 is 19.7 Å². The molecule has 1 aliphatic heterocycles. The van der Waals surface area contributed by atoms with Crippen molar-refractivity contribution >= 4 is 44.9 Å². The van der Waals surface area contributed by atoms with Crippen molar-refractivity contribution in [3.8, 4) is 21.9 Å². The number of carboxylic acid groups (broad SMARTS) is 2. The minimum atomic E-state index is -3.51. The number of hydrogen-bond acceptors (Lipinski definition) is 7. The van der Waals surface area contributed by atoms with Gasteiger partial charge in [-0.2, -0.15) is 4.31 Å². The molecule has 2 aromatic carbocycles. The Hall–Kier alpha value is -3.12. The number of ether oxygens (including phenoxy) is 2. The predicted molar refractivity (Wildman–Crippen MR) is 138 cm³/mol. The summed E-state index contributed by atoms with van der Waals surface area (Å²) >= 11 is 7.26. The molecular formula is C25H24ClNO8S2. The summed E-state index contributed by atoms with van der Waals surface area (Å²) in [4.78, 5) is 23.0. The average molecular weight is 566 g/mol. The summed E-state index contributed by atoms with van der Waals surface area (Å²) in [6.07, 6.45) is 1.32. The van der Waals surface area contributed by atoms with Crippen LogP contribution >= 0.6 is 22.9 Å². The summed E-state index contributed by atoms with van der Waals surface area (Å²) in [6, 6.07) is 15.4. The van der Waals surface area contributed by atoms with Gasteiger partial charge in [-0.05, 0) is 48.6 Å². The van der Waals surface area contributed by atoms with E-state index in [0.29, 0.717) is 48.7 Å². The van der Waals surface area contributed by atoms with Crippen molar-refractivity contribution in [3.05, 3.63) is 64.5 Å². The first-order valence-corrected chi connectivity index (χ1v) is 14.0. The number of aromatic carboxylic acids is 1. The Morgan fingerprint density at radius 2 is 1.73 bits per heavy atom. The third kappa shape index (κ3) is 6.24. The van der Waals surface area contributed by atoms with Crippen LogP contribution < -0.4 is 9.47 Å². The molecule has 0 spiro atoms. The lowest BCUT2D eigenvalue weighted by molar-refractivity contribution is -0.139. The second kappa shape index (κ2) is 11.5. The van der Waals surface area contributed by atoms with Crippen molar-refractivity contribution in [2.45, 2.75) is 17.7 Å². The second-order valence-corrected chi connectivity index (χ2v) is 11.7. The lowest BCUT2D eigenvalue weighted by Gasteiger charge is -2.31. The zero-order valence-corrected chi connectivity index (χ0v) is 21.9. The maximum absolute atomic E-state index is 12.8. The van der Waals surface area contributed by atoms with Crippen molar-refractivity contribution < 1.29 is 37.7 Å². The van der Waals surface area contributed by atoms with Gasteiger partial charge >= 0.3 is 11.9 Å². The van der Waals surface area contributed by atoms with Crippen LogP contribution in [0.3, 0.4) is 0 Å². The molecule has 9 nitrogen and oxygen atoms in total. The third-order valence-corrected chi connectivity index (χ3v) is 9.47. The summed E-state index contributed by atoms with van der Waals surface area (Å²) < 4.78 is 38.3. The fourth-order valence-corrected chi connectivity index (χ4v) is 6.88. The number of carbonyl (C=O) groups is 2. The smallest absolute Gasteiger partial charge is 0.349 e. The Morgan fingerprint density at radius 3 is 2.38 bits per heavy atom. The van der Waals surface area contributed by atoms with Crippen molar-refractivity contribution in [1.29, 1.82) is 0 Å². The summed E-state index contributed by atoms with van der Waals surface area (Å²) in [5.41, 5.74) is 0.601. The summed E-state index contributed by atoms with van der Waals surface area (Å²) in [5, 5.41) is 18.4. The Bertz CT molecular complexity index is 1380. The number of halogens is 1. The molecule has 0 radical (unpaired) electrons. The van der Waals surface area contributed by atoms with Gasteiger partial charge in [0.2, 0.25) is 10.0 Å². The van der Waals surface area contributed by atoms with Gasteiger partial charge in [-0.15, -0.1) is 11.3 Å². The van der Waals surface area contributed by atoms with Crippen LogP contribution in [0.2, 0.25) is 5.02 Å². The zero-order chi connectivity index (χ0) is 26.6. The fraction of sp³-hybridized carbons (Fsp3) is 0.280. The van der Waals surface area contributed by atoms with Crippen LogP contribution in [0.15, 0.2) is 59.5 Å². The highest BCUT2D eigenvalue weighted by molar-refractivity contribution is 7.89. The topological polar surface area (TPSA) is 130 Å². The van der Waals surface area contributed by atoms with E-state index in [1.165, 1.54) is 4.31 Å². The maximum atomic E-state index is 12.8. The molecule has 1 aromatic heterocycles. The van der Waals surface area contributed by atoms with E-state index in [1.807, 2.05) is 0 Å². The molecule has 1 aliphatic rings. The first kappa shape index (κ1) is 26.9. The monoisotopic (exact) mass is 565 g/mol. The van der Waals surface area contributed by atoms with Gasteiger partial charge in [-0.1, -0.05) is 41.9 Å². The highest BCUT2D eigenvalue weighted by Gasteiger charge is 2.30. The van der Waals surface area contributed by atoms with Crippen LogP contribution in [0.25, 0.3) is 10.4 Å². The highest BCUT2D eigenvalue weighted by atomic mass is 35.5. The molecule has 2 N–H and O–H groups in total. The molecule has 0 saturated carbocycles. The van der Waals surface area contributed by atoms with Gasteiger partial charge in [0, 0.05) is 13.1 Å². The van der Waals surface area contributed by atoms with E-state index in [9.17, 15) is 23.1 Å². The number of sulfonamides is 1. The van der Waals surface area contributed by atoms with Crippen molar-refractivity contribution in [3.63, 3.8) is 0 Å². The molecule has 0 unspecified atom stereocenters. The van der Waals surface area contributed by atoms with Crippen LogP contribution in [0, 0.1) is 5.92 Å². The minimum Gasteiger partial charge on any atom is -0.493 e. The molecule has 0 amide bonds. The van der Waals surface area contributed by atoms with E-state index >= 15 is 0 Å². The van der Waals surface area contributed by atoms with Gasteiger partial charge in [0.05, 0.1) is 16.4 Å². The van der Waals surface area contributed by atoms with Crippen LogP contribution in [-0.2, 0) is 14.8 Å². The Labute approximate surface area is 222 Å². The molecule has 0 bridgehead atoms. The van der Waals surface area contributed by atoms with Crippen molar-refractivity contribution in [2.75, 3.05) is 26.3 Å². The molecule has 1 fully saturated rings. The Balaban J connectivity index is 1.40. The van der Waals surface area contributed by atoms with Crippen LogP contribution in [0.1, 0.15) is 22.5 Å². The van der Waals surface area contributed by atoms with Gasteiger partial charge in [-0.3, -0.25) is 0 Å². The SMILES string of the molecule is O=C(O)COc1c(C(=O)O)sc(-c2cccc(OCC3CCN(S(=O)(=O)c4ccccc4)CC3)c2)c1Cl. The molecule has 2 heterocycles. The van der Waals surface area contributed by atoms with Gasteiger partial charge in [-0.25, -0.2) is 18.0 Å². The van der Waals surface area contributed by atoms with E-state index in [0.717, 1.165) is 11.3 Å². The first-order valence-electron chi connectivity index (χ1n) is 11.4. The van der Waals surface area contributed by atoms with E-state index < -0.39 is 28.6 Å². The Morgan fingerprint density at radius 1 is 1.03 bits per heavy atom. The van der Waals surface area contributed by atoms with Gasteiger partial charge in [0.15, 0.2) is 17.2 Å². The molecular weight excluding hydrogens is 542 g/mol. The van der Waals surface area contributed by atoms with E-state index in [2.05, 4.69) is 0 Å². The van der Waals surface area contributed by atoms with Gasteiger partial charge in [0.25, 0.3) is 0 Å². The predicted octanol–water partition coefficient (Wildman–Crippen LogP) is 4.71. The van der Waals surface area contributed by atoms with Crippen LogP contribution in [0.5, 0.6) is 11.5 Å². The maximum Gasteiger partial charge on any atom is 0.349 e. The van der Waals surface area contributed by atoms with E-state index in [-0.39, 0.29) is 26.5 Å². The van der Waals surface area contributed by atoms with Crippen molar-refractivity contribution in [2.24, 2.45) is 5.92 Å². The third-order valence-electron chi connectivity index (χ3n) is 5.88. The standard InChI is InChI=1S/C25H24ClNO8S2/c26-21-22(35-15-20(28)29)24(25(30)31)36-23(21)17-5-4-6-18(13-17)34-14-16-9-11-27(12-10-16)37(32,33)19-7-2-1-3-8-19/h1-8,13,16H,9-12,14-15H2,(H,28,29)(H,30,31). The largest absolute Gasteiger partial charge is 0.493 e. The number of hydrogen-bond donors (Lipinski definition) is 2. The second-order valence-electron chi connectivity index (χ2n) is 8.39. The van der Waals surface area contributed by atoms with E-state index in [4.69, 9.17) is 26.2 Å². The van der Waals surface area contributed by atoms with Crippen molar-refractivity contribution in [1.82, 2.24) is 4.31 Å². The number of thiophene rings is 1. The van der Waals surface area contributed by atoms with E-state index in [1.54, 1.807) is 54.6 Å². The zero-order valence-electron chi connectivity index (χ0n) is 19.5. The number of aliphatic carboxylic acids is 1. The molecule has 0 atom stereocenters. The average Bonchev–Trinajstić information content (AvgIpc) is 3.23. The van der Waals surface area contributed by atoms with Crippen LogP contribution in [0.4, 0.5) is 0 Å². The molecule has 12 heteroatoms. The Kier molecular flexibility index (Phi) is 8.38. The molecule has 1 saturated heterocycles. The number of benzene rings is 2. The number of piperidine rings is 1. The lowest BCUT2D eigenvalue weighted by atomic mass is 9.99.